The third-order valence-corrected chi connectivity index (χ3v) is 3.65. The molecule has 0 aromatic heterocycles. The zero-order valence-electron chi connectivity index (χ0n) is 11.1. The molecule has 2 nitrogen and oxygen atoms in total. The van der Waals surface area contributed by atoms with Crippen LogP contribution in [0.5, 0.6) is 0 Å². The summed E-state index contributed by atoms with van der Waals surface area (Å²) in [5.41, 5.74) is 0. The molecule has 4 heteroatoms. The monoisotopic (exact) mass is 247 g/mol. The van der Waals surface area contributed by atoms with E-state index in [1.54, 1.807) is 13.8 Å². The first-order valence-corrected chi connectivity index (χ1v) is 6.44. The van der Waals surface area contributed by atoms with Crippen molar-refractivity contribution in [3.8, 4) is 0 Å². The molecule has 0 heterocycles. The molecular formula is C13H23F2NO. The van der Waals surface area contributed by atoms with E-state index >= 15 is 0 Å². The lowest BCUT2D eigenvalue weighted by Gasteiger charge is -2.24. The highest BCUT2D eigenvalue weighted by Crippen LogP contribution is 2.43. The van der Waals surface area contributed by atoms with Crippen molar-refractivity contribution < 1.29 is 13.6 Å². The van der Waals surface area contributed by atoms with Crippen LogP contribution in [0.15, 0.2) is 0 Å². The topological polar surface area (TPSA) is 29.1 Å². The van der Waals surface area contributed by atoms with Crippen LogP contribution in [0.3, 0.4) is 0 Å². The molecule has 0 radical (unpaired) electrons. The fourth-order valence-electron chi connectivity index (χ4n) is 2.50. The highest BCUT2D eigenvalue weighted by molar-refractivity contribution is 5.84. The minimum atomic E-state index is -3.21. The van der Waals surface area contributed by atoms with Crippen molar-refractivity contribution in [2.24, 2.45) is 17.8 Å². The van der Waals surface area contributed by atoms with Crippen LogP contribution in [-0.2, 0) is 4.79 Å². The van der Waals surface area contributed by atoms with Crippen molar-refractivity contribution in [2.45, 2.75) is 58.9 Å². The Hall–Kier alpha value is -0.670. The number of halogens is 2. The van der Waals surface area contributed by atoms with E-state index in [0.717, 1.165) is 6.42 Å². The molecule has 0 spiro atoms. The lowest BCUT2D eigenvalue weighted by Crippen LogP contribution is -2.47. The van der Waals surface area contributed by atoms with E-state index in [0.29, 0.717) is 24.7 Å². The van der Waals surface area contributed by atoms with Crippen molar-refractivity contribution in [3.63, 3.8) is 0 Å². The molecule has 1 aliphatic carbocycles. The van der Waals surface area contributed by atoms with Gasteiger partial charge >= 0.3 is 5.92 Å². The fraction of sp³-hybridized carbons (Fsp3) is 0.923. The number of amides is 1. The zero-order chi connectivity index (χ0) is 13.2. The largest absolute Gasteiger partial charge is 0.349 e. The number of rotatable bonds is 4. The van der Waals surface area contributed by atoms with Crippen LogP contribution in [0, 0.1) is 17.8 Å². The average Bonchev–Trinajstić information content (AvgIpc) is 2.65. The van der Waals surface area contributed by atoms with Gasteiger partial charge < -0.3 is 5.32 Å². The van der Waals surface area contributed by atoms with Gasteiger partial charge in [0, 0.05) is 12.0 Å². The molecule has 1 fully saturated rings. The molecule has 1 saturated carbocycles. The molecule has 17 heavy (non-hydrogen) atoms. The molecule has 0 aromatic rings. The normalized spacial score (nSPS) is 25.6. The molecule has 0 aliphatic heterocycles. The van der Waals surface area contributed by atoms with E-state index in [2.05, 4.69) is 19.2 Å². The van der Waals surface area contributed by atoms with E-state index in [1.165, 1.54) is 0 Å². The number of nitrogens with one attached hydrogen (secondary N) is 1. The van der Waals surface area contributed by atoms with Crippen LogP contribution in [-0.4, -0.2) is 17.9 Å². The maximum atomic E-state index is 13.9. The van der Waals surface area contributed by atoms with Gasteiger partial charge in [-0.3, -0.25) is 4.79 Å². The van der Waals surface area contributed by atoms with Crippen LogP contribution < -0.4 is 5.32 Å². The van der Waals surface area contributed by atoms with Crippen molar-refractivity contribution >= 4 is 5.91 Å². The van der Waals surface area contributed by atoms with Gasteiger partial charge in [-0.05, 0) is 44.9 Å². The summed E-state index contributed by atoms with van der Waals surface area (Å²) in [6.45, 7) is 7.50. The van der Waals surface area contributed by atoms with E-state index in [9.17, 15) is 13.6 Å². The maximum absolute atomic E-state index is 13.9. The summed E-state index contributed by atoms with van der Waals surface area (Å²) < 4.78 is 27.8. The first kappa shape index (κ1) is 14.4. The second-order valence-electron chi connectivity index (χ2n) is 5.77. The van der Waals surface area contributed by atoms with Gasteiger partial charge in [0.15, 0.2) is 0 Å². The fourth-order valence-corrected chi connectivity index (χ4v) is 2.50. The number of hydrogen-bond acceptors (Lipinski definition) is 1. The van der Waals surface area contributed by atoms with E-state index in [1.807, 2.05) is 0 Å². The van der Waals surface area contributed by atoms with Crippen LogP contribution in [0.2, 0.25) is 0 Å². The minimum Gasteiger partial charge on any atom is -0.349 e. The van der Waals surface area contributed by atoms with Crippen molar-refractivity contribution in [1.29, 1.82) is 0 Å². The zero-order valence-corrected chi connectivity index (χ0v) is 11.1. The first-order chi connectivity index (χ1) is 7.75. The Balaban J connectivity index is 2.62. The van der Waals surface area contributed by atoms with Crippen LogP contribution in [0.25, 0.3) is 0 Å². The predicted octanol–water partition coefficient (Wildman–Crippen LogP) is 3.22. The average molecular weight is 247 g/mol. The summed E-state index contributed by atoms with van der Waals surface area (Å²) in [5.74, 6) is -4.36. The molecule has 0 bridgehead atoms. The molecule has 100 valence electrons. The van der Waals surface area contributed by atoms with Crippen molar-refractivity contribution in [3.05, 3.63) is 0 Å². The SMILES string of the molecule is CC(C)NC(=O)C(F)(F)C1CCC(C(C)C)C1. The highest BCUT2D eigenvalue weighted by atomic mass is 19.3. The van der Waals surface area contributed by atoms with Gasteiger partial charge in [0.1, 0.15) is 0 Å². The van der Waals surface area contributed by atoms with E-state index in [4.69, 9.17) is 0 Å². The van der Waals surface area contributed by atoms with Gasteiger partial charge in [-0.15, -0.1) is 0 Å². The smallest absolute Gasteiger partial charge is 0.327 e. The second-order valence-corrected chi connectivity index (χ2v) is 5.77. The maximum Gasteiger partial charge on any atom is 0.327 e. The lowest BCUT2D eigenvalue weighted by atomic mass is 9.91. The second kappa shape index (κ2) is 5.32. The molecule has 2 unspecified atom stereocenters. The minimum absolute atomic E-state index is 0.240. The van der Waals surface area contributed by atoms with Gasteiger partial charge in [0.25, 0.3) is 5.91 Å². The number of carbonyl (C=O) groups is 1. The van der Waals surface area contributed by atoms with Crippen molar-refractivity contribution in [1.82, 2.24) is 5.32 Å². The highest BCUT2D eigenvalue weighted by Gasteiger charge is 2.50. The Bertz CT molecular complexity index is 277. The van der Waals surface area contributed by atoms with E-state index < -0.39 is 17.7 Å². The molecule has 1 rings (SSSR count). The standard InChI is InChI=1S/C13H23F2NO/c1-8(2)10-5-6-11(7-10)13(14,15)12(17)16-9(3)4/h8-11H,5-7H2,1-4H3,(H,16,17). The Labute approximate surface area is 102 Å². The summed E-state index contributed by atoms with van der Waals surface area (Å²) in [4.78, 5) is 11.5. The number of hydrogen-bond donors (Lipinski definition) is 1. The van der Waals surface area contributed by atoms with Gasteiger partial charge in [-0.25, -0.2) is 0 Å². The van der Waals surface area contributed by atoms with Crippen molar-refractivity contribution in [2.75, 3.05) is 0 Å². The van der Waals surface area contributed by atoms with Crippen LogP contribution in [0.4, 0.5) is 8.78 Å². The molecule has 1 N–H and O–H groups in total. The Kier molecular flexibility index (Phi) is 4.50. The molecule has 1 aliphatic rings. The first-order valence-electron chi connectivity index (χ1n) is 6.44. The summed E-state index contributed by atoms with van der Waals surface area (Å²) in [6, 6.07) is -0.240. The lowest BCUT2D eigenvalue weighted by molar-refractivity contribution is -0.154. The van der Waals surface area contributed by atoms with Crippen LogP contribution in [0.1, 0.15) is 47.0 Å². The Morgan fingerprint density at radius 1 is 1.24 bits per heavy atom. The third kappa shape index (κ3) is 3.39. The Morgan fingerprint density at radius 2 is 1.82 bits per heavy atom. The van der Waals surface area contributed by atoms with Gasteiger partial charge in [0.05, 0.1) is 0 Å². The summed E-state index contributed by atoms with van der Waals surface area (Å²) in [6.07, 6.45) is 1.74. The summed E-state index contributed by atoms with van der Waals surface area (Å²) in [5, 5.41) is 2.32. The summed E-state index contributed by atoms with van der Waals surface area (Å²) >= 11 is 0. The molecule has 2 atom stereocenters. The molecule has 1 amide bonds. The molecule has 0 saturated heterocycles. The van der Waals surface area contributed by atoms with E-state index in [-0.39, 0.29) is 6.04 Å². The quantitative estimate of drug-likeness (QED) is 0.812. The van der Waals surface area contributed by atoms with Crippen LogP contribution >= 0.6 is 0 Å². The van der Waals surface area contributed by atoms with Gasteiger partial charge in [-0.1, -0.05) is 13.8 Å². The molecular weight excluding hydrogens is 224 g/mol. The number of alkyl halides is 2. The third-order valence-electron chi connectivity index (χ3n) is 3.65. The number of carbonyl (C=O) groups excluding carboxylic acids is 1. The molecule has 0 aromatic carbocycles. The Morgan fingerprint density at radius 3 is 2.24 bits per heavy atom. The van der Waals surface area contributed by atoms with Gasteiger partial charge in [-0.2, -0.15) is 8.78 Å². The van der Waals surface area contributed by atoms with Gasteiger partial charge in [0.2, 0.25) is 0 Å². The summed E-state index contributed by atoms with van der Waals surface area (Å²) in [7, 11) is 0. The predicted molar refractivity (Wildman–Crippen MR) is 63.9 cm³/mol.